The summed E-state index contributed by atoms with van der Waals surface area (Å²) in [6.45, 7) is 4.73. The maximum absolute atomic E-state index is 12.4. The van der Waals surface area contributed by atoms with Crippen molar-refractivity contribution in [2.24, 2.45) is 0 Å². The van der Waals surface area contributed by atoms with Crippen molar-refractivity contribution >= 4 is 5.91 Å². The zero-order valence-corrected chi connectivity index (χ0v) is 11.2. The summed E-state index contributed by atoms with van der Waals surface area (Å²) < 4.78 is 16.9. The molecule has 6 heteroatoms. The van der Waals surface area contributed by atoms with Crippen LogP contribution in [0, 0.1) is 0 Å². The van der Waals surface area contributed by atoms with Crippen LogP contribution >= 0.6 is 0 Å². The highest BCUT2D eigenvalue weighted by molar-refractivity contribution is 5.81. The third kappa shape index (κ3) is 3.08. The van der Waals surface area contributed by atoms with Gasteiger partial charge in [-0.3, -0.25) is 4.79 Å². The largest absolute Gasteiger partial charge is 0.375 e. The van der Waals surface area contributed by atoms with Crippen molar-refractivity contribution in [1.29, 1.82) is 0 Å². The fraction of sp³-hybridized carbons (Fsp3) is 0.923. The van der Waals surface area contributed by atoms with E-state index >= 15 is 0 Å². The number of nitrogens with zero attached hydrogens (tertiary/aromatic N) is 1. The molecule has 108 valence electrons. The number of nitrogens with one attached hydrogen (secondary N) is 1. The number of hydrogen-bond donors (Lipinski definition) is 1. The third-order valence-corrected chi connectivity index (χ3v) is 3.99. The minimum atomic E-state index is -0.336. The third-order valence-electron chi connectivity index (χ3n) is 3.99. The molecule has 0 unspecified atom stereocenters. The molecule has 1 amide bonds. The van der Waals surface area contributed by atoms with E-state index in [0.29, 0.717) is 32.8 Å². The Kier molecular flexibility index (Phi) is 4.32. The van der Waals surface area contributed by atoms with Gasteiger partial charge in [-0.1, -0.05) is 0 Å². The van der Waals surface area contributed by atoms with E-state index in [-0.39, 0.29) is 24.2 Å². The highest BCUT2D eigenvalue weighted by Crippen LogP contribution is 2.21. The van der Waals surface area contributed by atoms with Gasteiger partial charge in [0.15, 0.2) is 0 Å². The first-order chi connectivity index (χ1) is 9.34. The first-order valence-corrected chi connectivity index (χ1v) is 7.19. The number of carbonyl (C=O) groups excluding carboxylic acids is 1. The molecule has 0 aromatic carbocycles. The highest BCUT2D eigenvalue weighted by atomic mass is 16.5. The minimum absolute atomic E-state index is 0.0248. The first-order valence-electron chi connectivity index (χ1n) is 7.19. The van der Waals surface area contributed by atoms with Crippen molar-refractivity contribution in [1.82, 2.24) is 10.2 Å². The highest BCUT2D eigenvalue weighted by Gasteiger charge is 2.35. The van der Waals surface area contributed by atoms with Crippen LogP contribution in [0.2, 0.25) is 0 Å². The molecule has 0 aliphatic carbocycles. The van der Waals surface area contributed by atoms with Crippen LogP contribution in [-0.2, 0) is 19.0 Å². The van der Waals surface area contributed by atoms with E-state index in [9.17, 15) is 4.79 Å². The van der Waals surface area contributed by atoms with Crippen LogP contribution in [0.4, 0.5) is 0 Å². The van der Waals surface area contributed by atoms with Gasteiger partial charge in [0.2, 0.25) is 0 Å². The Bertz CT molecular complexity index is 314. The smallest absolute Gasteiger partial charge is 0.253 e. The lowest BCUT2D eigenvalue weighted by molar-refractivity contribution is -0.157. The quantitative estimate of drug-likeness (QED) is 0.725. The van der Waals surface area contributed by atoms with E-state index in [1.165, 1.54) is 0 Å². The van der Waals surface area contributed by atoms with Gasteiger partial charge in [-0.2, -0.15) is 0 Å². The average Bonchev–Trinajstić information content (AvgIpc) is 3.02. The second kappa shape index (κ2) is 6.17. The molecule has 3 aliphatic heterocycles. The molecule has 0 saturated carbocycles. The van der Waals surface area contributed by atoms with E-state index in [1.54, 1.807) is 0 Å². The lowest BCUT2D eigenvalue weighted by atomic mass is 10.1. The van der Waals surface area contributed by atoms with Crippen LogP contribution in [0.15, 0.2) is 0 Å². The van der Waals surface area contributed by atoms with Crippen molar-refractivity contribution in [3.8, 4) is 0 Å². The second-order valence-corrected chi connectivity index (χ2v) is 5.31. The summed E-state index contributed by atoms with van der Waals surface area (Å²) in [5.74, 6) is 0.0819. The molecule has 3 aliphatic rings. The number of ether oxygens (including phenoxy) is 3. The van der Waals surface area contributed by atoms with E-state index in [2.05, 4.69) is 5.32 Å². The maximum Gasteiger partial charge on any atom is 0.253 e. The van der Waals surface area contributed by atoms with Crippen LogP contribution in [0.1, 0.15) is 12.8 Å². The van der Waals surface area contributed by atoms with Crippen molar-refractivity contribution in [3.63, 3.8) is 0 Å². The Hall–Kier alpha value is -0.690. The van der Waals surface area contributed by atoms with Gasteiger partial charge in [0.05, 0.1) is 19.3 Å². The number of carbonyl (C=O) groups is 1. The second-order valence-electron chi connectivity index (χ2n) is 5.31. The van der Waals surface area contributed by atoms with Gasteiger partial charge in [0.1, 0.15) is 12.2 Å². The summed E-state index contributed by atoms with van der Waals surface area (Å²) in [7, 11) is 0. The molecule has 0 bridgehead atoms. The van der Waals surface area contributed by atoms with Gasteiger partial charge in [0, 0.05) is 32.8 Å². The van der Waals surface area contributed by atoms with Crippen LogP contribution in [0.3, 0.4) is 0 Å². The zero-order chi connectivity index (χ0) is 13.1. The molecule has 0 aromatic heterocycles. The number of amides is 1. The molecule has 19 heavy (non-hydrogen) atoms. The standard InChI is InChI=1S/C13H22N2O4/c16-13(11-8-14-3-6-18-11)15-4-7-19-12(9-15)10-2-1-5-17-10/h10-12,14H,1-9H2/t10-,11+,12+/m1/s1. The molecule has 0 radical (unpaired) electrons. The summed E-state index contributed by atoms with van der Waals surface area (Å²) in [5, 5.41) is 3.19. The van der Waals surface area contributed by atoms with E-state index in [4.69, 9.17) is 14.2 Å². The normalized spacial score (nSPS) is 36.4. The zero-order valence-electron chi connectivity index (χ0n) is 11.2. The van der Waals surface area contributed by atoms with Crippen molar-refractivity contribution < 1.29 is 19.0 Å². The number of hydrogen-bond acceptors (Lipinski definition) is 5. The van der Waals surface area contributed by atoms with Crippen LogP contribution in [0.25, 0.3) is 0 Å². The Labute approximate surface area is 113 Å². The Morgan fingerprint density at radius 1 is 1.11 bits per heavy atom. The minimum Gasteiger partial charge on any atom is -0.375 e. The van der Waals surface area contributed by atoms with Crippen molar-refractivity contribution in [3.05, 3.63) is 0 Å². The summed E-state index contributed by atoms with van der Waals surface area (Å²) in [6, 6.07) is 0. The lowest BCUT2D eigenvalue weighted by Crippen LogP contribution is -2.55. The van der Waals surface area contributed by atoms with Gasteiger partial charge < -0.3 is 24.4 Å². The Balaban J connectivity index is 1.56. The molecular weight excluding hydrogens is 248 g/mol. The molecule has 0 aromatic rings. The molecule has 3 rings (SSSR count). The molecule has 3 fully saturated rings. The predicted molar refractivity (Wildman–Crippen MR) is 67.9 cm³/mol. The molecule has 6 nitrogen and oxygen atoms in total. The van der Waals surface area contributed by atoms with Crippen LogP contribution in [-0.4, -0.2) is 75.1 Å². The van der Waals surface area contributed by atoms with Gasteiger partial charge in [-0.25, -0.2) is 0 Å². The molecule has 0 spiro atoms. The van der Waals surface area contributed by atoms with Crippen molar-refractivity contribution in [2.75, 3.05) is 46.0 Å². The summed E-state index contributed by atoms with van der Waals surface area (Å²) in [4.78, 5) is 14.2. The first kappa shape index (κ1) is 13.3. The fourth-order valence-electron chi connectivity index (χ4n) is 2.92. The number of morpholine rings is 2. The molecular formula is C13H22N2O4. The monoisotopic (exact) mass is 270 g/mol. The summed E-state index contributed by atoms with van der Waals surface area (Å²) in [5.41, 5.74) is 0. The number of rotatable bonds is 2. The van der Waals surface area contributed by atoms with Gasteiger partial charge in [-0.15, -0.1) is 0 Å². The van der Waals surface area contributed by atoms with Crippen LogP contribution < -0.4 is 5.32 Å². The SMILES string of the molecule is O=C([C@@H]1CNCCO1)N1CCO[C@H]([C@H]2CCCO2)C1. The Morgan fingerprint density at radius 2 is 2.00 bits per heavy atom. The molecule has 3 atom stereocenters. The maximum atomic E-state index is 12.4. The van der Waals surface area contributed by atoms with Gasteiger partial charge in [-0.05, 0) is 12.8 Å². The van der Waals surface area contributed by atoms with E-state index < -0.39 is 0 Å². The van der Waals surface area contributed by atoms with E-state index in [1.807, 2.05) is 4.90 Å². The lowest BCUT2D eigenvalue weighted by Gasteiger charge is -2.37. The molecule has 3 saturated heterocycles. The molecule has 3 heterocycles. The predicted octanol–water partition coefficient (Wildman–Crippen LogP) is -0.619. The van der Waals surface area contributed by atoms with Gasteiger partial charge in [0.25, 0.3) is 5.91 Å². The Morgan fingerprint density at radius 3 is 2.74 bits per heavy atom. The van der Waals surface area contributed by atoms with Gasteiger partial charge >= 0.3 is 0 Å². The fourth-order valence-corrected chi connectivity index (χ4v) is 2.92. The average molecular weight is 270 g/mol. The van der Waals surface area contributed by atoms with Crippen LogP contribution in [0.5, 0.6) is 0 Å². The summed E-state index contributed by atoms with van der Waals surface area (Å²) >= 11 is 0. The van der Waals surface area contributed by atoms with Crippen molar-refractivity contribution in [2.45, 2.75) is 31.2 Å². The van der Waals surface area contributed by atoms with E-state index in [0.717, 1.165) is 26.0 Å². The molecule has 1 N–H and O–H groups in total. The topological polar surface area (TPSA) is 60.0 Å². The summed E-state index contributed by atoms with van der Waals surface area (Å²) in [6.07, 6.45) is 1.97.